The van der Waals surface area contributed by atoms with Crippen molar-refractivity contribution >= 4 is 10.9 Å². The zero-order valence-corrected chi connectivity index (χ0v) is 12.9. The van der Waals surface area contributed by atoms with Crippen LogP contribution in [0, 0.1) is 5.92 Å². The Kier molecular flexibility index (Phi) is 4.84. The summed E-state index contributed by atoms with van der Waals surface area (Å²) in [5.41, 5.74) is 2.43. The molecule has 112 valence electrons. The van der Waals surface area contributed by atoms with Gasteiger partial charge in [-0.1, -0.05) is 25.1 Å². The van der Waals surface area contributed by atoms with Crippen molar-refractivity contribution in [2.24, 2.45) is 5.92 Å². The number of para-hydroxylation sites is 1. The van der Waals surface area contributed by atoms with Crippen molar-refractivity contribution in [2.75, 3.05) is 26.2 Å². The van der Waals surface area contributed by atoms with Crippen LogP contribution in [0.15, 0.2) is 36.5 Å². The fraction of sp³-hybridized carbons (Fsp3) is 0.500. The van der Waals surface area contributed by atoms with Crippen molar-refractivity contribution < 1.29 is 0 Å². The highest BCUT2D eigenvalue weighted by molar-refractivity contribution is 5.81. The van der Waals surface area contributed by atoms with E-state index < -0.39 is 0 Å². The Bertz CT molecular complexity index is 568. The topological polar surface area (TPSA) is 28.2 Å². The van der Waals surface area contributed by atoms with Crippen LogP contribution in [0.4, 0.5) is 0 Å². The standard InChI is InChI=1S/C18H25N3/c1-15-7-11-21(12-8-15)13-10-19-14-16-6-9-20-18-5-3-2-4-17(16)18/h2-6,9,15,19H,7-8,10-14H2,1H3. The number of rotatable bonds is 5. The molecule has 2 aromatic rings. The minimum Gasteiger partial charge on any atom is -0.311 e. The zero-order valence-electron chi connectivity index (χ0n) is 12.9. The van der Waals surface area contributed by atoms with Gasteiger partial charge in [-0.3, -0.25) is 4.98 Å². The Hall–Kier alpha value is -1.45. The Morgan fingerprint density at radius 2 is 2.00 bits per heavy atom. The van der Waals surface area contributed by atoms with Gasteiger partial charge >= 0.3 is 0 Å². The first-order valence-corrected chi connectivity index (χ1v) is 8.08. The highest BCUT2D eigenvalue weighted by Gasteiger charge is 2.14. The molecule has 1 aliphatic rings. The summed E-state index contributed by atoms with van der Waals surface area (Å²) in [6.45, 7) is 8.04. The van der Waals surface area contributed by atoms with Gasteiger partial charge in [0.05, 0.1) is 5.52 Å². The van der Waals surface area contributed by atoms with Gasteiger partial charge in [0, 0.05) is 31.2 Å². The number of pyridine rings is 1. The third kappa shape index (κ3) is 3.80. The molecule has 0 saturated carbocycles. The van der Waals surface area contributed by atoms with Crippen LogP contribution in [0.1, 0.15) is 25.3 Å². The third-order valence-corrected chi connectivity index (χ3v) is 4.54. The summed E-state index contributed by atoms with van der Waals surface area (Å²) in [6, 6.07) is 10.5. The molecular formula is C18H25N3. The fourth-order valence-electron chi connectivity index (χ4n) is 3.06. The monoisotopic (exact) mass is 283 g/mol. The number of aromatic nitrogens is 1. The molecule has 3 nitrogen and oxygen atoms in total. The molecule has 1 aliphatic heterocycles. The van der Waals surface area contributed by atoms with Crippen LogP contribution in [0.2, 0.25) is 0 Å². The SMILES string of the molecule is CC1CCN(CCNCc2ccnc3ccccc23)CC1. The number of fused-ring (bicyclic) bond motifs is 1. The van der Waals surface area contributed by atoms with Gasteiger partial charge in [0.1, 0.15) is 0 Å². The number of benzene rings is 1. The lowest BCUT2D eigenvalue weighted by Gasteiger charge is -2.30. The molecule has 0 atom stereocenters. The second kappa shape index (κ2) is 7.01. The molecule has 0 spiro atoms. The molecule has 1 N–H and O–H groups in total. The highest BCUT2D eigenvalue weighted by Crippen LogP contribution is 2.16. The van der Waals surface area contributed by atoms with E-state index in [1.807, 2.05) is 12.3 Å². The summed E-state index contributed by atoms with van der Waals surface area (Å²) < 4.78 is 0. The van der Waals surface area contributed by atoms with Crippen molar-refractivity contribution in [3.8, 4) is 0 Å². The Morgan fingerprint density at radius 1 is 1.19 bits per heavy atom. The third-order valence-electron chi connectivity index (χ3n) is 4.54. The second-order valence-electron chi connectivity index (χ2n) is 6.19. The summed E-state index contributed by atoms with van der Waals surface area (Å²) in [6.07, 6.45) is 4.62. The number of hydrogen-bond donors (Lipinski definition) is 1. The lowest BCUT2D eigenvalue weighted by atomic mass is 9.99. The van der Waals surface area contributed by atoms with Crippen LogP contribution < -0.4 is 5.32 Å². The van der Waals surface area contributed by atoms with E-state index in [0.717, 1.165) is 31.1 Å². The van der Waals surface area contributed by atoms with Crippen LogP contribution in [0.5, 0.6) is 0 Å². The van der Waals surface area contributed by atoms with Crippen LogP contribution in [0.3, 0.4) is 0 Å². The maximum Gasteiger partial charge on any atom is 0.0705 e. The molecule has 0 bridgehead atoms. The molecule has 0 unspecified atom stereocenters. The average molecular weight is 283 g/mol. The second-order valence-corrected chi connectivity index (χ2v) is 6.19. The zero-order chi connectivity index (χ0) is 14.5. The summed E-state index contributed by atoms with van der Waals surface area (Å²) >= 11 is 0. The number of piperidine rings is 1. The molecular weight excluding hydrogens is 258 g/mol. The van der Waals surface area contributed by atoms with Crippen molar-refractivity contribution in [1.29, 1.82) is 0 Å². The summed E-state index contributed by atoms with van der Waals surface area (Å²) in [4.78, 5) is 7.00. The lowest BCUT2D eigenvalue weighted by Crippen LogP contribution is -2.37. The van der Waals surface area contributed by atoms with E-state index in [9.17, 15) is 0 Å². The highest BCUT2D eigenvalue weighted by atomic mass is 15.1. The first-order valence-electron chi connectivity index (χ1n) is 8.08. The van der Waals surface area contributed by atoms with Gasteiger partial charge < -0.3 is 10.2 Å². The first kappa shape index (κ1) is 14.5. The van der Waals surface area contributed by atoms with E-state index in [2.05, 4.69) is 46.4 Å². The van der Waals surface area contributed by atoms with Gasteiger partial charge in [0.25, 0.3) is 0 Å². The van der Waals surface area contributed by atoms with Gasteiger partial charge in [-0.15, -0.1) is 0 Å². The van der Waals surface area contributed by atoms with Gasteiger partial charge in [0.15, 0.2) is 0 Å². The van der Waals surface area contributed by atoms with Crippen LogP contribution >= 0.6 is 0 Å². The van der Waals surface area contributed by atoms with E-state index >= 15 is 0 Å². The van der Waals surface area contributed by atoms with E-state index in [1.54, 1.807) is 0 Å². The maximum absolute atomic E-state index is 4.41. The average Bonchev–Trinajstić information content (AvgIpc) is 2.53. The number of likely N-dealkylation sites (tertiary alicyclic amines) is 1. The number of nitrogens with one attached hydrogen (secondary N) is 1. The van der Waals surface area contributed by atoms with E-state index in [1.165, 1.54) is 36.9 Å². The molecule has 3 heteroatoms. The van der Waals surface area contributed by atoms with Gasteiger partial charge in [0.2, 0.25) is 0 Å². The predicted molar refractivity (Wildman–Crippen MR) is 88.3 cm³/mol. The van der Waals surface area contributed by atoms with Crippen molar-refractivity contribution in [1.82, 2.24) is 15.2 Å². The molecule has 1 aromatic carbocycles. The number of hydrogen-bond acceptors (Lipinski definition) is 3. The summed E-state index contributed by atoms with van der Waals surface area (Å²) in [5.74, 6) is 0.914. The lowest BCUT2D eigenvalue weighted by molar-refractivity contribution is 0.193. The number of nitrogens with zero attached hydrogens (tertiary/aromatic N) is 2. The minimum absolute atomic E-state index is 0.914. The predicted octanol–water partition coefficient (Wildman–Crippen LogP) is 3.06. The maximum atomic E-state index is 4.41. The smallest absolute Gasteiger partial charge is 0.0705 e. The molecule has 1 fully saturated rings. The van der Waals surface area contributed by atoms with Gasteiger partial charge in [-0.2, -0.15) is 0 Å². The Morgan fingerprint density at radius 3 is 2.86 bits per heavy atom. The van der Waals surface area contributed by atoms with E-state index in [0.29, 0.717) is 0 Å². The van der Waals surface area contributed by atoms with Gasteiger partial charge in [-0.25, -0.2) is 0 Å². The molecule has 1 aromatic heterocycles. The van der Waals surface area contributed by atoms with Crippen molar-refractivity contribution in [3.63, 3.8) is 0 Å². The molecule has 0 amide bonds. The normalized spacial score (nSPS) is 17.4. The summed E-state index contributed by atoms with van der Waals surface area (Å²) in [5, 5.41) is 4.85. The summed E-state index contributed by atoms with van der Waals surface area (Å²) in [7, 11) is 0. The quantitative estimate of drug-likeness (QED) is 0.855. The van der Waals surface area contributed by atoms with Crippen LogP contribution in [0.25, 0.3) is 10.9 Å². The Labute approximate surface area is 127 Å². The van der Waals surface area contributed by atoms with Crippen molar-refractivity contribution in [3.05, 3.63) is 42.1 Å². The molecule has 2 heterocycles. The first-order chi connectivity index (χ1) is 10.3. The molecule has 3 rings (SSSR count). The molecule has 0 aliphatic carbocycles. The Balaban J connectivity index is 1.48. The fourth-order valence-corrected chi connectivity index (χ4v) is 3.06. The molecule has 1 saturated heterocycles. The van der Waals surface area contributed by atoms with Crippen molar-refractivity contribution in [2.45, 2.75) is 26.3 Å². The van der Waals surface area contributed by atoms with E-state index in [-0.39, 0.29) is 0 Å². The van der Waals surface area contributed by atoms with E-state index in [4.69, 9.17) is 0 Å². The van der Waals surface area contributed by atoms with Crippen LogP contribution in [-0.4, -0.2) is 36.1 Å². The largest absolute Gasteiger partial charge is 0.311 e. The molecule has 21 heavy (non-hydrogen) atoms. The van der Waals surface area contributed by atoms with Crippen LogP contribution in [-0.2, 0) is 6.54 Å². The molecule has 0 radical (unpaired) electrons. The van der Waals surface area contributed by atoms with Gasteiger partial charge in [-0.05, 0) is 49.5 Å². The minimum atomic E-state index is 0.914.